The smallest absolute Gasteiger partial charge is 0.337 e. The number of benzene rings is 1. The molecule has 2 rings (SSSR count). The molecule has 1 aliphatic rings. The van der Waals surface area contributed by atoms with Crippen molar-refractivity contribution in [3.8, 4) is 5.75 Å². The van der Waals surface area contributed by atoms with Gasteiger partial charge in [0, 0.05) is 0 Å². The third kappa shape index (κ3) is 3.49. The van der Waals surface area contributed by atoms with Gasteiger partial charge in [0.25, 0.3) is 0 Å². The van der Waals surface area contributed by atoms with Gasteiger partial charge < -0.3 is 9.47 Å². The zero-order valence-electron chi connectivity index (χ0n) is 10.9. The highest BCUT2D eigenvalue weighted by molar-refractivity contribution is 5.89. The number of carbonyl (C=O) groups is 1. The van der Waals surface area contributed by atoms with E-state index in [4.69, 9.17) is 4.74 Å². The molecule has 1 aromatic rings. The molecule has 0 atom stereocenters. The predicted octanol–water partition coefficient (Wildman–Crippen LogP) is 3.57. The van der Waals surface area contributed by atoms with E-state index in [2.05, 4.69) is 4.74 Å². The number of esters is 1. The largest absolute Gasteiger partial charge is 0.490 e. The van der Waals surface area contributed by atoms with Gasteiger partial charge in [-0.25, -0.2) is 4.79 Å². The van der Waals surface area contributed by atoms with E-state index in [-0.39, 0.29) is 5.97 Å². The monoisotopic (exact) mass is 248 g/mol. The number of rotatable bonds is 3. The minimum atomic E-state index is -0.309. The number of carbonyl (C=O) groups excluding carboxylic acids is 1. The van der Waals surface area contributed by atoms with Gasteiger partial charge >= 0.3 is 5.97 Å². The van der Waals surface area contributed by atoms with E-state index in [1.54, 1.807) is 12.1 Å². The Bertz CT molecular complexity index is 375. The second-order valence-corrected chi connectivity index (χ2v) is 4.75. The van der Waals surface area contributed by atoms with Crippen molar-refractivity contribution >= 4 is 5.97 Å². The van der Waals surface area contributed by atoms with Crippen LogP contribution in [0.3, 0.4) is 0 Å². The molecule has 1 aromatic carbocycles. The van der Waals surface area contributed by atoms with Gasteiger partial charge in [-0.3, -0.25) is 0 Å². The second-order valence-electron chi connectivity index (χ2n) is 4.75. The van der Waals surface area contributed by atoms with Gasteiger partial charge in [-0.1, -0.05) is 12.8 Å². The molecule has 1 saturated carbocycles. The molecule has 1 fully saturated rings. The van der Waals surface area contributed by atoms with E-state index in [1.165, 1.54) is 32.8 Å². The molecule has 18 heavy (non-hydrogen) atoms. The normalized spacial score (nSPS) is 16.9. The highest BCUT2D eigenvalue weighted by Crippen LogP contribution is 2.23. The fourth-order valence-corrected chi connectivity index (χ4v) is 2.34. The number of methoxy groups -OCH3 is 1. The second kappa shape index (κ2) is 6.43. The number of ether oxygens (including phenoxy) is 2. The molecule has 0 aliphatic heterocycles. The van der Waals surface area contributed by atoms with Crippen molar-refractivity contribution in [2.24, 2.45) is 0 Å². The molecule has 1 aliphatic carbocycles. The van der Waals surface area contributed by atoms with Gasteiger partial charge in [-0.05, 0) is 49.9 Å². The SMILES string of the molecule is COC(=O)c1ccc(OC2CCCCCC2)cc1. The van der Waals surface area contributed by atoms with Crippen LogP contribution in [0.25, 0.3) is 0 Å². The molecule has 0 spiro atoms. The highest BCUT2D eigenvalue weighted by Gasteiger charge is 2.14. The van der Waals surface area contributed by atoms with Crippen LogP contribution in [0, 0.1) is 0 Å². The first-order chi connectivity index (χ1) is 8.79. The van der Waals surface area contributed by atoms with Gasteiger partial charge in [0.15, 0.2) is 0 Å². The summed E-state index contributed by atoms with van der Waals surface area (Å²) in [5.74, 6) is 0.533. The van der Waals surface area contributed by atoms with Gasteiger partial charge in [0.1, 0.15) is 5.75 Å². The lowest BCUT2D eigenvalue weighted by Gasteiger charge is -2.16. The summed E-state index contributed by atoms with van der Waals surface area (Å²) in [4.78, 5) is 11.3. The van der Waals surface area contributed by atoms with Crippen LogP contribution >= 0.6 is 0 Å². The van der Waals surface area contributed by atoms with E-state index in [0.717, 1.165) is 18.6 Å². The van der Waals surface area contributed by atoms with Crippen LogP contribution in [0.4, 0.5) is 0 Å². The zero-order chi connectivity index (χ0) is 12.8. The maximum absolute atomic E-state index is 11.3. The Morgan fingerprint density at radius 1 is 1.06 bits per heavy atom. The lowest BCUT2D eigenvalue weighted by atomic mass is 10.1. The first kappa shape index (κ1) is 12.9. The van der Waals surface area contributed by atoms with Gasteiger partial charge in [0.2, 0.25) is 0 Å². The van der Waals surface area contributed by atoms with E-state index >= 15 is 0 Å². The molecule has 3 nitrogen and oxygen atoms in total. The number of hydrogen-bond acceptors (Lipinski definition) is 3. The molecule has 0 aromatic heterocycles. The Balaban J connectivity index is 1.94. The lowest BCUT2D eigenvalue weighted by molar-refractivity contribution is 0.0600. The maximum Gasteiger partial charge on any atom is 0.337 e. The summed E-state index contributed by atoms with van der Waals surface area (Å²) in [7, 11) is 1.39. The standard InChI is InChI=1S/C15H20O3/c1-17-15(16)12-8-10-14(11-9-12)18-13-6-4-2-3-5-7-13/h8-11,13H,2-7H2,1H3. The van der Waals surface area contributed by atoms with Crippen molar-refractivity contribution in [1.29, 1.82) is 0 Å². The summed E-state index contributed by atoms with van der Waals surface area (Å²) >= 11 is 0. The fraction of sp³-hybridized carbons (Fsp3) is 0.533. The summed E-state index contributed by atoms with van der Waals surface area (Å²) in [5, 5.41) is 0. The Kier molecular flexibility index (Phi) is 4.62. The molecular weight excluding hydrogens is 228 g/mol. The maximum atomic E-state index is 11.3. The molecule has 0 saturated heterocycles. The fourth-order valence-electron chi connectivity index (χ4n) is 2.34. The Morgan fingerprint density at radius 2 is 1.67 bits per heavy atom. The molecule has 0 N–H and O–H groups in total. The quantitative estimate of drug-likeness (QED) is 0.606. The van der Waals surface area contributed by atoms with Crippen molar-refractivity contribution in [1.82, 2.24) is 0 Å². The van der Waals surface area contributed by atoms with Crippen LogP contribution in [0.15, 0.2) is 24.3 Å². The van der Waals surface area contributed by atoms with Crippen molar-refractivity contribution in [2.45, 2.75) is 44.6 Å². The van der Waals surface area contributed by atoms with E-state index in [0.29, 0.717) is 11.7 Å². The van der Waals surface area contributed by atoms with Crippen LogP contribution in [-0.2, 0) is 4.74 Å². The first-order valence-electron chi connectivity index (χ1n) is 6.64. The van der Waals surface area contributed by atoms with Gasteiger partial charge in [-0.2, -0.15) is 0 Å². The summed E-state index contributed by atoms with van der Waals surface area (Å²) < 4.78 is 10.6. The molecule has 98 valence electrons. The minimum absolute atomic E-state index is 0.309. The summed E-state index contributed by atoms with van der Waals surface area (Å²) in [6.07, 6.45) is 7.76. The summed E-state index contributed by atoms with van der Waals surface area (Å²) in [6, 6.07) is 7.18. The molecule has 0 unspecified atom stereocenters. The first-order valence-corrected chi connectivity index (χ1v) is 6.64. The van der Waals surface area contributed by atoms with Crippen LogP contribution in [0.1, 0.15) is 48.9 Å². The summed E-state index contributed by atoms with van der Waals surface area (Å²) in [6.45, 7) is 0. The predicted molar refractivity (Wildman–Crippen MR) is 69.9 cm³/mol. The molecular formula is C15H20O3. The molecule has 0 amide bonds. The molecule has 0 radical (unpaired) electrons. The zero-order valence-corrected chi connectivity index (χ0v) is 10.9. The van der Waals surface area contributed by atoms with Crippen molar-refractivity contribution in [2.75, 3.05) is 7.11 Å². The van der Waals surface area contributed by atoms with Crippen LogP contribution in [0.2, 0.25) is 0 Å². The average Bonchev–Trinajstić information content (AvgIpc) is 2.67. The van der Waals surface area contributed by atoms with Crippen LogP contribution in [-0.4, -0.2) is 19.2 Å². The van der Waals surface area contributed by atoms with Gasteiger partial charge in [0.05, 0.1) is 18.8 Å². The van der Waals surface area contributed by atoms with E-state index in [9.17, 15) is 4.79 Å². The topological polar surface area (TPSA) is 35.5 Å². The molecule has 0 heterocycles. The average molecular weight is 248 g/mol. The third-order valence-corrected chi connectivity index (χ3v) is 3.38. The van der Waals surface area contributed by atoms with Crippen LogP contribution < -0.4 is 4.74 Å². The Labute approximate surface area is 108 Å². The van der Waals surface area contributed by atoms with Crippen LogP contribution in [0.5, 0.6) is 5.75 Å². The molecule has 3 heteroatoms. The highest BCUT2D eigenvalue weighted by atomic mass is 16.5. The van der Waals surface area contributed by atoms with Crippen molar-refractivity contribution < 1.29 is 14.3 Å². The number of hydrogen-bond donors (Lipinski definition) is 0. The molecule has 0 bridgehead atoms. The van der Waals surface area contributed by atoms with E-state index < -0.39 is 0 Å². The van der Waals surface area contributed by atoms with E-state index in [1.807, 2.05) is 12.1 Å². The Morgan fingerprint density at radius 3 is 2.22 bits per heavy atom. The minimum Gasteiger partial charge on any atom is -0.490 e. The Hall–Kier alpha value is -1.51. The lowest BCUT2D eigenvalue weighted by Crippen LogP contribution is -2.15. The van der Waals surface area contributed by atoms with Crippen molar-refractivity contribution in [3.05, 3.63) is 29.8 Å². The summed E-state index contributed by atoms with van der Waals surface area (Å²) in [5.41, 5.74) is 0.561. The third-order valence-electron chi connectivity index (χ3n) is 3.38. The van der Waals surface area contributed by atoms with Crippen molar-refractivity contribution in [3.63, 3.8) is 0 Å². The van der Waals surface area contributed by atoms with Gasteiger partial charge in [-0.15, -0.1) is 0 Å².